The lowest BCUT2D eigenvalue weighted by atomic mass is 9.77. The van der Waals surface area contributed by atoms with Crippen LogP contribution in [0.1, 0.15) is 60.0 Å². The number of ether oxygens (including phenoxy) is 2. The summed E-state index contributed by atoms with van der Waals surface area (Å²) < 4.78 is 43.0. The molecule has 2 atom stereocenters. The molecular formula is C31H31ClF2N2O5. The van der Waals surface area contributed by atoms with Gasteiger partial charge in [-0.15, -0.1) is 0 Å². The maximum atomic E-state index is 15.9. The summed E-state index contributed by atoms with van der Waals surface area (Å²) in [5, 5.41) is 12.6. The summed E-state index contributed by atoms with van der Waals surface area (Å²) in [5.74, 6) is -4.25. The molecule has 4 N–H and O–H groups in total. The monoisotopic (exact) mass is 584 g/mol. The number of nitrogens with one attached hydrogen (secondary N) is 1. The van der Waals surface area contributed by atoms with E-state index in [1.54, 1.807) is 0 Å². The number of amides is 1. The molecule has 1 saturated carbocycles. The van der Waals surface area contributed by atoms with Crippen molar-refractivity contribution in [3.8, 4) is 22.6 Å². The van der Waals surface area contributed by atoms with Crippen LogP contribution in [0.15, 0.2) is 48.5 Å². The predicted molar refractivity (Wildman–Crippen MR) is 150 cm³/mol. The summed E-state index contributed by atoms with van der Waals surface area (Å²) in [6.45, 7) is 2.19. The number of fused-ring (bicyclic) bond motifs is 1. The van der Waals surface area contributed by atoms with Crippen molar-refractivity contribution in [1.82, 2.24) is 5.32 Å². The fourth-order valence-electron chi connectivity index (χ4n) is 6.22. The molecule has 0 radical (unpaired) electrons. The lowest BCUT2D eigenvalue weighted by Crippen LogP contribution is -2.48. The molecule has 2 unspecified atom stereocenters. The highest BCUT2D eigenvalue weighted by atomic mass is 35.5. The quantitative estimate of drug-likeness (QED) is 0.299. The molecule has 1 aliphatic carbocycles. The first-order valence-electron chi connectivity index (χ1n) is 13.5. The van der Waals surface area contributed by atoms with Crippen molar-refractivity contribution in [2.45, 2.75) is 50.2 Å². The van der Waals surface area contributed by atoms with Gasteiger partial charge in [-0.25, -0.2) is 8.78 Å². The molecule has 0 spiro atoms. The lowest BCUT2D eigenvalue weighted by Gasteiger charge is -2.37. The highest BCUT2D eigenvalue weighted by molar-refractivity contribution is 6.34. The van der Waals surface area contributed by atoms with E-state index >= 15 is 8.78 Å². The Kier molecular flexibility index (Phi) is 7.94. The summed E-state index contributed by atoms with van der Waals surface area (Å²) in [6, 6.07) is 13.3. The minimum atomic E-state index is -1.05. The second-order valence-electron chi connectivity index (χ2n) is 10.7. The number of rotatable bonds is 8. The summed E-state index contributed by atoms with van der Waals surface area (Å²) in [5.41, 5.74) is 5.37. The number of carbonyl (C=O) groups excluding carboxylic acids is 1. The number of aliphatic carboxylic acids is 1. The smallest absolute Gasteiger partial charge is 0.306 e. The lowest BCUT2D eigenvalue weighted by molar-refractivity contribution is -0.142. The van der Waals surface area contributed by atoms with Crippen LogP contribution in [0.5, 0.6) is 11.5 Å². The van der Waals surface area contributed by atoms with Gasteiger partial charge in [0.25, 0.3) is 0 Å². The van der Waals surface area contributed by atoms with Gasteiger partial charge in [-0.1, -0.05) is 48.9 Å². The minimum absolute atomic E-state index is 0.0147. The van der Waals surface area contributed by atoms with Gasteiger partial charge in [0.15, 0.2) is 17.2 Å². The highest BCUT2D eigenvalue weighted by Gasteiger charge is 2.50. The minimum Gasteiger partial charge on any atom is -0.494 e. The average molecular weight is 585 g/mol. The van der Waals surface area contributed by atoms with Crippen LogP contribution < -0.4 is 20.5 Å². The van der Waals surface area contributed by atoms with E-state index in [-0.39, 0.29) is 45.2 Å². The molecule has 1 aliphatic heterocycles. The molecule has 1 fully saturated rings. The number of carboxylic acids is 1. The van der Waals surface area contributed by atoms with Gasteiger partial charge >= 0.3 is 5.97 Å². The molecule has 0 saturated heterocycles. The van der Waals surface area contributed by atoms with Crippen molar-refractivity contribution in [3.63, 3.8) is 0 Å². The van der Waals surface area contributed by atoms with Crippen molar-refractivity contribution in [2.24, 2.45) is 11.7 Å². The largest absolute Gasteiger partial charge is 0.494 e. The number of halogens is 3. The summed E-state index contributed by atoms with van der Waals surface area (Å²) >= 11 is 6.54. The average Bonchev–Trinajstić information content (AvgIpc) is 3.24. The first-order chi connectivity index (χ1) is 19.6. The van der Waals surface area contributed by atoms with E-state index < -0.39 is 35.0 Å². The Labute approximate surface area is 241 Å². The van der Waals surface area contributed by atoms with E-state index in [0.717, 1.165) is 5.56 Å². The zero-order chi connectivity index (χ0) is 29.5. The van der Waals surface area contributed by atoms with Crippen molar-refractivity contribution in [1.29, 1.82) is 0 Å². The van der Waals surface area contributed by atoms with E-state index in [1.165, 1.54) is 25.3 Å². The van der Waals surface area contributed by atoms with Gasteiger partial charge in [-0.2, -0.15) is 0 Å². The van der Waals surface area contributed by atoms with Crippen molar-refractivity contribution in [2.75, 3.05) is 13.7 Å². The Morgan fingerprint density at radius 1 is 1.12 bits per heavy atom. The highest BCUT2D eigenvalue weighted by Crippen LogP contribution is 2.56. The van der Waals surface area contributed by atoms with E-state index in [9.17, 15) is 14.7 Å². The van der Waals surface area contributed by atoms with E-state index in [0.29, 0.717) is 37.8 Å². The van der Waals surface area contributed by atoms with Crippen molar-refractivity contribution < 1.29 is 33.0 Å². The number of hydrogen-bond acceptors (Lipinski definition) is 5. The first kappa shape index (κ1) is 28.8. The Bertz CT molecular complexity index is 1490. The number of carboxylic acid groups (broad SMARTS) is 1. The standard InChI is InChI=1S/C31H31ClF2N2O5/c1-16-24-23(14-21(33)27(32)26(24)25-20(29(35)37)12-13-22(40-2)28(25)34)41-31(16,18-6-4-3-5-7-18)15-36-19-10-8-17(9-11-19)30(38)39/h3-7,12-14,16-17,19,36H,8-11,15H2,1-2H3,(H2,35,37)(H,38,39). The third-order valence-electron chi connectivity index (χ3n) is 8.48. The van der Waals surface area contributed by atoms with Crippen molar-refractivity contribution in [3.05, 3.63) is 81.9 Å². The van der Waals surface area contributed by atoms with Crippen LogP contribution in [0.25, 0.3) is 11.1 Å². The SMILES string of the molecule is COc1ccc(C(N)=O)c(-c2c(Cl)c(F)cc3c2C(C)C(CNC2CCC(C(=O)O)CC2)(c2ccccc2)O3)c1F. The van der Waals surface area contributed by atoms with Gasteiger partial charge in [0, 0.05) is 41.3 Å². The van der Waals surface area contributed by atoms with Crippen LogP contribution in [0.2, 0.25) is 5.02 Å². The van der Waals surface area contributed by atoms with Gasteiger partial charge < -0.3 is 25.6 Å². The third-order valence-corrected chi connectivity index (χ3v) is 8.85. The fraction of sp³-hybridized carbons (Fsp3) is 0.355. The van der Waals surface area contributed by atoms with Crippen LogP contribution in [0.3, 0.4) is 0 Å². The van der Waals surface area contributed by atoms with Gasteiger partial charge in [-0.05, 0) is 43.4 Å². The molecule has 0 aromatic heterocycles. The Hall–Kier alpha value is -3.69. The number of primary amides is 1. The molecule has 10 heteroatoms. The Balaban J connectivity index is 1.63. The fourth-order valence-corrected chi connectivity index (χ4v) is 6.47. The number of benzene rings is 3. The van der Waals surface area contributed by atoms with Crippen LogP contribution in [0, 0.1) is 17.6 Å². The summed E-state index contributed by atoms with van der Waals surface area (Å²) in [7, 11) is 1.28. The normalized spacial score (nSPS) is 23.5. The molecule has 1 amide bonds. The molecule has 3 aromatic rings. The topological polar surface area (TPSA) is 111 Å². The molecule has 2 aliphatic rings. The number of methoxy groups -OCH3 is 1. The number of hydrogen-bond donors (Lipinski definition) is 3. The Morgan fingerprint density at radius 2 is 1.80 bits per heavy atom. The van der Waals surface area contributed by atoms with Crippen LogP contribution >= 0.6 is 11.6 Å². The van der Waals surface area contributed by atoms with Crippen molar-refractivity contribution >= 4 is 23.5 Å². The molecule has 1 heterocycles. The second kappa shape index (κ2) is 11.3. The van der Waals surface area contributed by atoms with Crippen LogP contribution in [-0.4, -0.2) is 36.7 Å². The maximum absolute atomic E-state index is 15.9. The van der Waals surface area contributed by atoms with Gasteiger partial charge in [0.1, 0.15) is 11.6 Å². The van der Waals surface area contributed by atoms with Gasteiger partial charge in [0.2, 0.25) is 5.91 Å². The molecule has 216 valence electrons. The summed E-state index contributed by atoms with van der Waals surface area (Å²) in [6.07, 6.45) is 2.51. The second-order valence-corrected chi connectivity index (χ2v) is 11.1. The number of nitrogens with two attached hydrogens (primary N) is 1. The third kappa shape index (κ3) is 5.02. The van der Waals surface area contributed by atoms with E-state index in [1.807, 2.05) is 37.3 Å². The maximum Gasteiger partial charge on any atom is 0.306 e. The molecule has 0 bridgehead atoms. The predicted octanol–water partition coefficient (Wildman–Crippen LogP) is 6.02. The number of carbonyl (C=O) groups is 2. The van der Waals surface area contributed by atoms with Gasteiger partial charge in [-0.3, -0.25) is 9.59 Å². The first-order valence-corrected chi connectivity index (χ1v) is 13.9. The van der Waals surface area contributed by atoms with Crippen LogP contribution in [-0.2, 0) is 10.4 Å². The van der Waals surface area contributed by atoms with Gasteiger partial charge in [0.05, 0.1) is 23.6 Å². The molecular weight excluding hydrogens is 554 g/mol. The van der Waals surface area contributed by atoms with E-state index in [2.05, 4.69) is 5.32 Å². The zero-order valence-corrected chi connectivity index (χ0v) is 23.4. The zero-order valence-electron chi connectivity index (χ0n) is 22.7. The van der Waals surface area contributed by atoms with E-state index in [4.69, 9.17) is 26.8 Å². The molecule has 5 rings (SSSR count). The molecule has 7 nitrogen and oxygen atoms in total. The van der Waals surface area contributed by atoms with Crippen LogP contribution in [0.4, 0.5) is 8.78 Å². The summed E-state index contributed by atoms with van der Waals surface area (Å²) in [4.78, 5) is 23.8. The molecule has 3 aromatic carbocycles. The molecule has 41 heavy (non-hydrogen) atoms. The Morgan fingerprint density at radius 3 is 2.41 bits per heavy atom.